The average Bonchev–Trinajstić information content (AvgIpc) is 3.23. The molecule has 7 heteroatoms. The lowest BCUT2D eigenvalue weighted by atomic mass is 10.2. The van der Waals surface area contributed by atoms with Crippen molar-refractivity contribution in [3.63, 3.8) is 0 Å². The molecule has 110 valence electrons. The molecular weight excluding hydrogens is 292 g/mol. The number of amides is 1. The van der Waals surface area contributed by atoms with E-state index in [9.17, 15) is 4.79 Å². The quantitative estimate of drug-likeness (QED) is 0.887. The molecule has 0 saturated heterocycles. The van der Waals surface area contributed by atoms with Crippen molar-refractivity contribution in [1.29, 1.82) is 0 Å². The predicted molar refractivity (Wildman–Crippen MR) is 78.4 cm³/mol. The molecule has 1 aliphatic rings. The summed E-state index contributed by atoms with van der Waals surface area (Å²) < 4.78 is 5.18. The van der Waals surface area contributed by atoms with Crippen LogP contribution in [0.25, 0.3) is 0 Å². The van der Waals surface area contributed by atoms with Crippen LogP contribution in [-0.2, 0) is 6.54 Å². The summed E-state index contributed by atoms with van der Waals surface area (Å²) in [7, 11) is 1.57. The van der Waals surface area contributed by atoms with Crippen molar-refractivity contribution < 1.29 is 9.32 Å². The Kier molecular flexibility index (Phi) is 3.79. The Morgan fingerprint density at radius 2 is 2.29 bits per heavy atom. The molecule has 1 amide bonds. The van der Waals surface area contributed by atoms with Crippen LogP contribution in [-0.4, -0.2) is 23.1 Å². The van der Waals surface area contributed by atoms with E-state index in [1.807, 2.05) is 0 Å². The summed E-state index contributed by atoms with van der Waals surface area (Å²) in [6, 6.07) is 5.16. The van der Waals surface area contributed by atoms with Gasteiger partial charge in [-0.05, 0) is 31.0 Å². The van der Waals surface area contributed by atoms with Crippen molar-refractivity contribution in [2.45, 2.75) is 25.3 Å². The summed E-state index contributed by atoms with van der Waals surface area (Å²) in [6.45, 7) is 0.426. The number of nitrogens with zero attached hydrogens (tertiary/aromatic N) is 2. The minimum atomic E-state index is -0.211. The second-order valence-corrected chi connectivity index (χ2v) is 5.36. The Morgan fingerprint density at radius 3 is 2.95 bits per heavy atom. The monoisotopic (exact) mass is 306 g/mol. The van der Waals surface area contributed by atoms with Crippen LogP contribution in [0.3, 0.4) is 0 Å². The van der Waals surface area contributed by atoms with Gasteiger partial charge in [0, 0.05) is 18.7 Å². The van der Waals surface area contributed by atoms with Crippen molar-refractivity contribution in [3.05, 3.63) is 40.5 Å². The van der Waals surface area contributed by atoms with Crippen LogP contribution in [0.2, 0.25) is 5.02 Å². The van der Waals surface area contributed by atoms with Crippen LogP contribution in [0.1, 0.15) is 40.8 Å². The minimum absolute atomic E-state index is 0.211. The maximum absolute atomic E-state index is 11.5. The van der Waals surface area contributed by atoms with E-state index in [4.69, 9.17) is 16.1 Å². The summed E-state index contributed by atoms with van der Waals surface area (Å²) in [5, 5.41) is 10.0. The number of carbonyl (C=O) groups is 1. The summed E-state index contributed by atoms with van der Waals surface area (Å²) in [5.74, 6) is 1.60. The van der Waals surface area contributed by atoms with Gasteiger partial charge in [-0.1, -0.05) is 16.8 Å². The number of aromatic nitrogens is 2. The van der Waals surface area contributed by atoms with E-state index in [0.717, 1.165) is 24.4 Å². The van der Waals surface area contributed by atoms with E-state index in [2.05, 4.69) is 20.8 Å². The molecule has 1 heterocycles. The van der Waals surface area contributed by atoms with Crippen molar-refractivity contribution in [3.8, 4) is 0 Å². The third kappa shape index (κ3) is 3.16. The number of benzene rings is 1. The van der Waals surface area contributed by atoms with Gasteiger partial charge in [-0.3, -0.25) is 4.79 Å². The summed E-state index contributed by atoms with van der Waals surface area (Å²) in [6.07, 6.45) is 2.28. The van der Waals surface area contributed by atoms with Crippen LogP contribution < -0.4 is 10.6 Å². The molecule has 0 atom stereocenters. The average molecular weight is 307 g/mol. The second kappa shape index (κ2) is 5.73. The Hall–Kier alpha value is -2.08. The molecule has 0 spiro atoms. The van der Waals surface area contributed by atoms with Gasteiger partial charge >= 0.3 is 0 Å². The van der Waals surface area contributed by atoms with Crippen LogP contribution in [0, 0.1) is 0 Å². The molecule has 2 N–H and O–H groups in total. The van der Waals surface area contributed by atoms with Crippen molar-refractivity contribution in [1.82, 2.24) is 15.5 Å². The highest BCUT2D eigenvalue weighted by atomic mass is 35.5. The fraction of sp³-hybridized carbons (Fsp3) is 0.357. The van der Waals surface area contributed by atoms with Gasteiger partial charge in [-0.25, -0.2) is 0 Å². The molecule has 6 nitrogen and oxygen atoms in total. The molecule has 0 bridgehead atoms. The van der Waals surface area contributed by atoms with Gasteiger partial charge in [0.1, 0.15) is 0 Å². The molecule has 0 radical (unpaired) electrons. The molecular formula is C14H15ClN4O2. The highest BCUT2D eigenvalue weighted by molar-refractivity contribution is 6.34. The lowest BCUT2D eigenvalue weighted by Crippen LogP contribution is -2.18. The molecule has 1 saturated carbocycles. The molecule has 1 aliphatic carbocycles. The first-order valence-corrected chi connectivity index (χ1v) is 7.13. The summed E-state index contributed by atoms with van der Waals surface area (Å²) in [4.78, 5) is 15.9. The fourth-order valence-corrected chi connectivity index (χ4v) is 2.24. The lowest BCUT2D eigenvalue weighted by Gasteiger charge is -2.07. The van der Waals surface area contributed by atoms with Crippen molar-refractivity contribution in [2.75, 3.05) is 12.4 Å². The van der Waals surface area contributed by atoms with Crippen molar-refractivity contribution >= 4 is 23.2 Å². The normalized spacial score (nSPS) is 14.0. The van der Waals surface area contributed by atoms with Crippen LogP contribution in [0.4, 0.5) is 5.69 Å². The fourth-order valence-electron chi connectivity index (χ4n) is 1.97. The van der Waals surface area contributed by atoms with E-state index < -0.39 is 0 Å². The summed E-state index contributed by atoms with van der Waals surface area (Å²) in [5.41, 5.74) is 1.23. The molecule has 1 aromatic heterocycles. The maximum Gasteiger partial charge on any atom is 0.252 e. The van der Waals surface area contributed by atoms with Gasteiger partial charge in [-0.15, -0.1) is 0 Å². The number of anilines is 1. The lowest BCUT2D eigenvalue weighted by molar-refractivity contribution is 0.0963. The van der Waals surface area contributed by atoms with E-state index in [0.29, 0.717) is 28.9 Å². The third-order valence-electron chi connectivity index (χ3n) is 3.31. The molecule has 2 aromatic rings. The number of hydrogen-bond acceptors (Lipinski definition) is 5. The molecule has 3 rings (SSSR count). The molecule has 1 aromatic carbocycles. The van der Waals surface area contributed by atoms with Gasteiger partial charge in [0.25, 0.3) is 5.91 Å². The number of hydrogen-bond donors (Lipinski definition) is 2. The first-order valence-electron chi connectivity index (χ1n) is 6.75. The van der Waals surface area contributed by atoms with E-state index >= 15 is 0 Å². The van der Waals surface area contributed by atoms with E-state index in [-0.39, 0.29) is 5.91 Å². The van der Waals surface area contributed by atoms with Gasteiger partial charge in [0.2, 0.25) is 5.89 Å². The van der Waals surface area contributed by atoms with Gasteiger partial charge in [0.15, 0.2) is 5.82 Å². The van der Waals surface area contributed by atoms with Crippen LogP contribution >= 0.6 is 11.6 Å². The topological polar surface area (TPSA) is 80.0 Å². The number of carbonyl (C=O) groups excluding carboxylic acids is 1. The van der Waals surface area contributed by atoms with Crippen LogP contribution in [0.15, 0.2) is 22.7 Å². The largest absolute Gasteiger partial charge is 0.376 e. The van der Waals surface area contributed by atoms with Crippen molar-refractivity contribution in [2.24, 2.45) is 0 Å². The van der Waals surface area contributed by atoms with Gasteiger partial charge in [-0.2, -0.15) is 4.98 Å². The first kappa shape index (κ1) is 13.9. The molecule has 0 aliphatic heterocycles. The summed E-state index contributed by atoms with van der Waals surface area (Å²) >= 11 is 6.09. The minimum Gasteiger partial charge on any atom is -0.376 e. The van der Waals surface area contributed by atoms with Crippen LogP contribution in [0.5, 0.6) is 0 Å². The molecule has 0 unspecified atom stereocenters. The Balaban J connectivity index is 1.64. The predicted octanol–water partition coefficient (Wildman–Crippen LogP) is 2.57. The molecule has 1 fully saturated rings. The van der Waals surface area contributed by atoms with E-state index in [1.54, 1.807) is 25.2 Å². The smallest absolute Gasteiger partial charge is 0.252 e. The second-order valence-electron chi connectivity index (χ2n) is 4.95. The number of halogens is 1. The Morgan fingerprint density at radius 1 is 1.48 bits per heavy atom. The Bertz CT molecular complexity index is 667. The third-order valence-corrected chi connectivity index (χ3v) is 3.62. The Labute approximate surface area is 126 Å². The van der Waals surface area contributed by atoms with Gasteiger partial charge < -0.3 is 15.2 Å². The zero-order chi connectivity index (χ0) is 14.8. The highest BCUT2D eigenvalue weighted by Gasteiger charge is 2.28. The number of rotatable bonds is 5. The molecule has 21 heavy (non-hydrogen) atoms. The number of nitrogens with one attached hydrogen (secondary N) is 2. The SMILES string of the molecule is CNC(=O)c1ccc(NCc2nc(C3CC3)no2)cc1Cl. The standard InChI is InChI=1S/C14H15ClN4O2/c1-16-14(20)10-5-4-9(6-11(10)15)17-7-12-18-13(19-21-12)8-2-3-8/h4-6,8,17H,2-3,7H2,1H3,(H,16,20). The maximum atomic E-state index is 11.5. The first-order chi connectivity index (χ1) is 10.2. The zero-order valence-corrected chi connectivity index (χ0v) is 12.3. The van der Waals surface area contributed by atoms with E-state index in [1.165, 1.54) is 0 Å². The zero-order valence-electron chi connectivity index (χ0n) is 11.5. The highest BCUT2D eigenvalue weighted by Crippen LogP contribution is 2.38. The van der Waals surface area contributed by atoms with Gasteiger partial charge in [0.05, 0.1) is 17.1 Å².